The van der Waals surface area contributed by atoms with Gasteiger partial charge in [0, 0.05) is 24.0 Å². The van der Waals surface area contributed by atoms with Gasteiger partial charge in [-0.25, -0.2) is 0 Å². The normalized spacial score (nSPS) is 14.3. The SMILES string of the molecule is C=CCCC(=O)n1c2c(c3ccccc31)CCNC2. The number of benzene rings is 1. The number of hydrogen-bond acceptors (Lipinski definition) is 2. The molecule has 0 aliphatic carbocycles. The highest BCUT2D eigenvalue weighted by atomic mass is 16.2. The van der Waals surface area contributed by atoms with Crippen LogP contribution in [0.4, 0.5) is 0 Å². The van der Waals surface area contributed by atoms with E-state index in [1.165, 1.54) is 10.9 Å². The average molecular weight is 254 g/mol. The summed E-state index contributed by atoms with van der Waals surface area (Å²) >= 11 is 0. The van der Waals surface area contributed by atoms with Crippen molar-refractivity contribution < 1.29 is 4.79 Å². The van der Waals surface area contributed by atoms with E-state index in [9.17, 15) is 4.79 Å². The molecule has 1 aliphatic heterocycles. The van der Waals surface area contributed by atoms with Gasteiger partial charge in [0.1, 0.15) is 0 Å². The van der Waals surface area contributed by atoms with Crippen LogP contribution in [0.5, 0.6) is 0 Å². The van der Waals surface area contributed by atoms with Gasteiger partial charge in [0.05, 0.1) is 5.52 Å². The van der Waals surface area contributed by atoms with Crippen molar-refractivity contribution >= 4 is 16.8 Å². The van der Waals surface area contributed by atoms with Gasteiger partial charge in [-0.05, 0) is 31.0 Å². The number of fused-ring (bicyclic) bond motifs is 3. The Morgan fingerprint density at radius 3 is 3.11 bits per heavy atom. The standard InChI is InChI=1S/C16H18N2O/c1-2-3-8-16(19)18-14-7-5-4-6-12(14)13-9-10-17-11-15(13)18/h2,4-7,17H,1,3,8-11H2. The van der Waals surface area contributed by atoms with Gasteiger partial charge < -0.3 is 5.32 Å². The van der Waals surface area contributed by atoms with Gasteiger partial charge in [-0.2, -0.15) is 0 Å². The van der Waals surface area contributed by atoms with Crippen molar-refractivity contribution in [3.8, 4) is 0 Å². The van der Waals surface area contributed by atoms with Gasteiger partial charge in [-0.3, -0.25) is 9.36 Å². The Hall–Kier alpha value is -1.87. The summed E-state index contributed by atoms with van der Waals surface area (Å²) in [7, 11) is 0. The largest absolute Gasteiger partial charge is 0.311 e. The molecule has 1 N–H and O–H groups in total. The van der Waals surface area contributed by atoms with Gasteiger partial charge in [0.2, 0.25) is 5.91 Å². The first-order valence-corrected chi connectivity index (χ1v) is 6.79. The van der Waals surface area contributed by atoms with E-state index in [2.05, 4.69) is 18.0 Å². The van der Waals surface area contributed by atoms with Crippen molar-refractivity contribution in [3.05, 3.63) is 48.2 Å². The fourth-order valence-electron chi connectivity index (χ4n) is 2.87. The molecule has 0 saturated carbocycles. The van der Waals surface area contributed by atoms with Gasteiger partial charge in [-0.1, -0.05) is 24.3 Å². The molecule has 1 aliphatic rings. The third-order valence-electron chi connectivity index (χ3n) is 3.74. The summed E-state index contributed by atoms with van der Waals surface area (Å²) in [4.78, 5) is 12.4. The molecular weight excluding hydrogens is 236 g/mol. The predicted octanol–water partition coefficient (Wildman–Crippen LogP) is 2.89. The lowest BCUT2D eigenvalue weighted by Gasteiger charge is -2.16. The lowest BCUT2D eigenvalue weighted by Crippen LogP contribution is -2.26. The molecule has 1 aromatic heterocycles. The smallest absolute Gasteiger partial charge is 0.231 e. The second-order valence-corrected chi connectivity index (χ2v) is 4.93. The Kier molecular flexibility index (Phi) is 3.22. The maximum atomic E-state index is 12.4. The minimum Gasteiger partial charge on any atom is -0.311 e. The second-order valence-electron chi connectivity index (χ2n) is 4.93. The zero-order chi connectivity index (χ0) is 13.2. The number of rotatable bonds is 3. The Morgan fingerprint density at radius 1 is 1.42 bits per heavy atom. The fourth-order valence-corrected chi connectivity index (χ4v) is 2.87. The molecule has 0 atom stereocenters. The summed E-state index contributed by atoms with van der Waals surface area (Å²) in [5.41, 5.74) is 3.52. The van der Waals surface area contributed by atoms with E-state index in [0.29, 0.717) is 6.42 Å². The van der Waals surface area contributed by atoms with Crippen LogP contribution in [0.15, 0.2) is 36.9 Å². The topological polar surface area (TPSA) is 34.0 Å². The summed E-state index contributed by atoms with van der Waals surface area (Å²) < 4.78 is 1.90. The van der Waals surface area contributed by atoms with Crippen LogP contribution in [0.1, 0.15) is 28.9 Å². The molecule has 3 rings (SSSR count). The Bertz CT molecular complexity index is 639. The molecule has 0 unspecified atom stereocenters. The molecule has 19 heavy (non-hydrogen) atoms. The minimum atomic E-state index is 0.168. The quantitative estimate of drug-likeness (QED) is 0.855. The summed E-state index contributed by atoms with van der Waals surface area (Å²) in [6, 6.07) is 8.21. The number of carbonyl (C=O) groups excluding carboxylic acids is 1. The van der Waals surface area contributed by atoms with Gasteiger partial charge in [-0.15, -0.1) is 6.58 Å². The summed E-state index contributed by atoms with van der Waals surface area (Å²) in [5, 5.41) is 4.59. The molecule has 2 heterocycles. The lowest BCUT2D eigenvalue weighted by molar-refractivity contribution is 0.0905. The number of nitrogens with one attached hydrogen (secondary N) is 1. The summed E-state index contributed by atoms with van der Waals surface area (Å²) in [6.07, 6.45) is 4.05. The molecule has 0 saturated heterocycles. The van der Waals surface area contributed by atoms with Crippen molar-refractivity contribution in [2.75, 3.05) is 6.54 Å². The number of para-hydroxylation sites is 1. The highest BCUT2D eigenvalue weighted by Crippen LogP contribution is 2.28. The number of hydrogen-bond donors (Lipinski definition) is 1. The van der Waals surface area contributed by atoms with Crippen LogP contribution in [-0.4, -0.2) is 17.0 Å². The Labute approximate surface area is 112 Å². The van der Waals surface area contributed by atoms with E-state index in [1.54, 1.807) is 6.08 Å². The molecule has 3 heteroatoms. The minimum absolute atomic E-state index is 0.168. The van der Waals surface area contributed by atoms with Crippen LogP contribution in [0, 0.1) is 0 Å². The van der Waals surface area contributed by atoms with Gasteiger partial charge in [0.15, 0.2) is 0 Å². The Morgan fingerprint density at radius 2 is 2.26 bits per heavy atom. The van der Waals surface area contributed by atoms with Gasteiger partial charge >= 0.3 is 0 Å². The number of allylic oxidation sites excluding steroid dienone is 1. The van der Waals surface area contributed by atoms with E-state index < -0.39 is 0 Å². The molecule has 0 spiro atoms. The number of aromatic nitrogens is 1. The first-order chi connectivity index (χ1) is 9.33. The third-order valence-corrected chi connectivity index (χ3v) is 3.74. The van der Waals surface area contributed by atoms with Crippen molar-refractivity contribution in [2.45, 2.75) is 25.8 Å². The fraction of sp³-hybridized carbons (Fsp3) is 0.312. The molecular formula is C16H18N2O. The van der Waals surface area contributed by atoms with Crippen LogP contribution in [0.2, 0.25) is 0 Å². The van der Waals surface area contributed by atoms with E-state index in [4.69, 9.17) is 0 Å². The van der Waals surface area contributed by atoms with Crippen molar-refractivity contribution in [1.82, 2.24) is 9.88 Å². The maximum absolute atomic E-state index is 12.4. The van der Waals surface area contributed by atoms with E-state index in [0.717, 1.165) is 37.1 Å². The van der Waals surface area contributed by atoms with Crippen LogP contribution in [-0.2, 0) is 13.0 Å². The number of carbonyl (C=O) groups is 1. The van der Waals surface area contributed by atoms with Crippen LogP contribution >= 0.6 is 0 Å². The molecule has 0 amide bonds. The molecule has 0 fully saturated rings. The third kappa shape index (κ3) is 2.00. The van der Waals surface area contributed by atoms with E-state index in [-0.39, 0.29) is 5.91 Å². The summed E-state index contributed by atoms with van der Waals surface area (Å²) in [6.45, 7) is 5.46. The highest BCUT2D eigenvalue weighted by molar-refractivity contribution is 5.96. The molecule has 0 radical (unpaired) electrons. The van der Waals surface area contributed by atoms with Crippen molar-refractivity contribution in [1.29, 1.82) is 0 Å². The maximum Gasteiger partial charge on any atom is 0.231 e. The lowest BCUT2D eigenvalue weighted by atomic mass is 10.1. The average Bonchev–Trinajstić information content (AvgIpc) is 2.79. The molecule has 3 nitrogen and oxygen atoms in total. The monoisotopic (exact) mass is 254 g/mol. The van der Waals surface area contributed by atoms with Crippen LogP contribution in [0.3, 0.4) is 0 Å². The summed E-state index contributed by atoms with van der Waals surface area (Å²) in [5.74, 6) is 0.168. The predicted molar refractivity (Wildman–Crippen MR) is 77.4 cm³/mol. The second kappa shape index (κ2) is 5.02. The zero-order valence-electron chi connectivity index (χ0n) is 11.0. The zero-order valence-corrected chi connectivity index (χ0v) is 11.0. The first-order valence-electron chi connectivity index (χ1n) is 6.79. The highest BCUT2D eigenvalue weighted by Gasteiger charge is 2.22. The van der Waals surface area contributed by atoms with Crippen molar-refractivity contribution in [3.63, 3.8) is 0 Å². The van der Waals surface area contributed by atoms with E-state index in [1.807, 2.05) is 22.8 Å². The van der Waals surface area contributed by atoms with Crippen molar-refractivity contribution in [2.24, 2.45) is 0 Å². The molecule has 0 bridgehead atoms. The number of nitrogens with zero attached hydrogens (tertiary/aromatic N) is 1. The molecule has 1 aromatic carbocycles. The van der Waals surface area contributed by atoms with Crippen LogP contribution < -0.4 is 5.32 Å². The van der Waals surface area contributed by atoms with Crippen LogP contribution in [0.25, 0.3) is 10.9 Å². The molecule has 2 aromatic rings. The van der Waals surface area contributed by atoms with Gasteiger partial charge in [0.25, 0.3) is 0 Å². The Balaban J connectivity index is 2.16. The first kappa shape index (κ1) is 12.2. The molecule has 98 valence electrons. The van der Waals surface area contributed by atoms with E-state index >= 15 is 0 Å².